The van der Waals surface area contributed by atoms with Crippen molar-refractivity contribution in [2.45, 2.75) is 6.42 Å². The fraction of sp³-hybridized carbons (Fsp3) is 0.200. The molecule has 1 aromatic heterocycles. The number of aryl methyl sites for hydroxylation is 1. The zero-order chi connectivity index (χ0) is 19.7. The van der Waals surface area contributed by atoms with Crippen molar-refractivity contribution in [2.75, 3.05) is 18.5 Å². The van der Waals surface area contributed by atoms with Crippen LogP contribution >= 0.6 is 0 Å². The normalized spacial score (nSPS) is 13.1. The molecule has 1 amide bonds. The second kappa shape index (κ2) is 7.30. The van der Waals surface area contributed by atoms with Gasteiger partial charge >= 0.3 is 0 Å². The molecule has 4 rings (SSSR count). The highest BCUT2D eigenvalue weighted by atomic mass is 19.2. The molecule has 1 aliphatic heterocycles. The maximum atomic E-state index is 13.4. The first-order valence-corrected chi connectivity index (χ1v) is 8.71. The number of carbonyl (C=O) groups excluding carboxylic acids is 1. The molecule has 0 aliphatic carbocycles. The van der Waals surface area contributed by atoms with Gasteiger partial charge in [-0.3, -0.25) is 9.48 Å². The van der Waals surface area contributed by atoms with Gasteiger partial charge in [0.05, 0.1) is 18.8 Å². The summed E-state index contributed by atoms with van der Waals surface area (Å²) in [6, 6.07) is 8.53. The van der Waals surface area contributed by atoms with Gasteiger partial charge in [-0.2, -0.15) is 5.10 Å². The van der Waals surface area contributed by atoms with Crippen LogP contribution in [0.1, 0.15) is 16.8 Å². The van der Waals surface area contributed by atoms with Crippen LogP contribution in [0.5, 0.6) is 11.5 Å². The van der Waals surface area contributed by atoms with Gasteiger partial charge in [-0.1, -0.05) is 0 Å². The van der Waals surface area contributed by atoms with Crippen molar-refractivity contribution in [3.8, 4) is 22.8 Å². The highest BCUT2D eigenvalue weighted by Crippen LogP contribution is 2.35. The zero-order valence-electron chi connectivity index (χ0n) is 15.0. The first kappa shape index (κ1) is 18.0. The van der Waals surface area contributed by atoms with E-state index in [2.05, 4.69) is 10.4 Å². The summed E-state index contributed by atoms with van der Waals surface area (Å²) in [5, 5.41) is 6.94. The van der Waals surface area contributed by atoms with Crippen LogP contribution in [0.3, 0.4) is 0 Å². The van der Waals surface area contributed by atoms with Gasteiger partial charge in [0.15, 0.2) is 23.1 Å². The minimum atomic E-state index is -1.04. The Bertz CT molecular complexity index is 1050. The summed E-state index contributed by atoms with van der Waals surface area (Å²) >= 11 is 0. The van der Waals surface area contributed by atoms with Gasteiger partial charge in [-0.25, -0.2) is 8.78 Å². The van der Waals surface area contributed by atoms with Crippen molar-refractivity contribution in [1.82, 2.24) is 9.78 Å². The average molecular weight is 385 g/mol. The third-order valence-electron chi connectivity index (χ3n) is 4.27. The van der Waals surface area contributed by atoms with E-state index in [-0.39, 0.29) is 5.69 Å². The van der Waals surface area contributed by atoms with Gasteiger partial charge in [-0.15, -0.1) is 0 Å². The third-order valence-corrected chi connectivity index (χ3v) is 4.27. The van der Waals surface area contributed by atoms with E-state index in [9.17, 15) is 13.6 Å². The number of amides is 1. The monoisotopic (exact) mass is 385 g/mol. The SMILES string of the molecule is Cn1cc(C(=O)Nc2ccc(F)c(F)c2)c(-c2ccc3c(c2)OCCCO3)n1. The molecule has 0 atom stereocenters. The molecule has 8 heteroatoms. The molecule has 1 aliphatic rings. The summed E-state index contributed by atoms with van der Waals surface area (Å²) in [5.74, 6) is -1.27. The molecule has 2 heterocycles. The van der Waals surface area contributed by atoms with Crippen LogP contribution in [-0.4, -0.2) is 28.9 Å². The van der Waals surface area contributed by atoms with Crippen LogP contribution in [0, 0.1) is 11.6 Å². The van der Waals surface area contributed by atoms with Crippen molar-refractivity contribution in [3.05, 3.63) is 59.8 Å². The van der Waals surface area contributed by atoms with Gasteiger partial charge in [0, 0.05) is 37.0 Å². The summed E-state index contributed by atoms with van der Waals surface area (Å²) in [5.41, 5.74) is 1.57. The molecule has 1 N–H and O–H groups in total. The standard InChI is InChI=1S/C20H17F2N3O3/c1-25-11-14(20(26)23-13-4-5-15(21)16(22)10-13)19(24-25)12-3-6-17-18(9-12)28-8-2-7-27-17/h3-6,9-11H,2,7-8H2,1H3,(H,23,26). The maximum Gasteiger partial charge on any atom is 0.259 e. The Hall–Kier alpha value is -3.42. The number of aromatic nitrogens is 2. The van der Waals surface area contributed by atoms with Crippen LogP contribution < -0.4 is 14.8 Å². The second-order valence-electron chi connectivity index (χ2n) is 6.36. The number of benzene rings is 2. The Morgan fingerprint density at radius 1 is 1.07 bits per heavy atom. The molecule has 0 spiro atoms. The number of anilines is 1. The Kier molecular flexibility index (Phi) is 4.68. The second-order valence-corrected chi connectivity index (χ2v) is 6.36. The third kappa shape index (κ3) is 3.53. The highest BCUT2D eigenvalue weighted by Gasteiger charge is 2.20. The van der Waals surface area contributed by atoms with Gasteiger partial charge in [-0.05, 0) is 30.3 Å². The Labute approximate surface area is 159 Å². The molecule has 2 aromatic carbocycles. The lowest BCUT2D eigenvalue weighted by molar-refractivity contribution is 0.102. The summed E-state index contributed by atoms with van der Waals surface area (Å²) < 4.78 is 39.3. The number of nitrogens with one attached hydrogen (secondary N) is 1. The number of carbonyl (C=O) groups is 1. The molecule has 6 nitrogen and oxygen atoms in total. The lowest BCUT2D eigenvalue weighted by Crippen LogP contribution is -2.12. The summed E-state index contributed by atoms with van der Waals surface area (Å²) in [6.07, 6.45) is 2.35. The first-order valence-electron chi connectivity index (χ1n) is 8.71. The van der Waals surface area contributed by atoms with Crippen molar-refractivity contribution in [3.63, 3.8) is 0 Å². The van der Waals surface area contributed by atoms with E-state index in [1.807, 2.05) is 0 Å². The number of nitrogens with zero attached hydrogens (tertiary/aromatic N) is 2. The molecule has 3 aromatic rings. The molecule has 0 bridgehead atoms. The Balaban J connectivity index is 1.66. The zero-order valence-corrected chi connectivity index (χ0v) is 15.0. The predicted octanol–water partition coefficient (Wildman–Crippen LogP) is 3.78. The van der Waals surface area contributed by atoms with E-state index in [0.717, 1.165) is 18.6 Å². The number of rotatable bonds is 3. The number of hydrogen-bond donors (Lipinski definition) is 1. The minimum Gasteiger partial charge on any atom is -0.490 e. The quantitative estimate of drug-likeness (QED) is 0.745. The molecule has 0 fully saturated rings. The van der Waals surface area contributed by atoms with Gasteiger partial charge in [0.25, 0.3) is 5.91 Å². The van der Waals surface area contributed by atoms with E-state index >= 15 is 0 Å². The average Bonchev–Trinajstić information content (AvgIpc) is 2.92. The van der Waals surface area contributed by atoms with Crippen LogP contribution in [0.15, 0.2) is 42.6 Å². The van der Waals surface area contributed by atoms with Crippen molar-refractivity contribution < 1.29 is 23.0 Å². The van der Waals surface area contributed by atoms with E-state index in [4.69, 9.17) is 9.47 Å². The fourth-order valence-electron chi connectivity index (χ4n) is 2.95. The minimum absolute atomic E-state index is 0.150. The van der Waals surface area contributed by atoms with Crippen molar-refractivity contribution >= 4 is 11.6 Å². The predicted molar refractivity (Wildman–Crippen MR) is 98.6 cm³/mol. The Morgan fingerprint density at radius 3 is 2.64 bits per heavy atom. The first-order chi connectivity index (χ1) is 13.5. The lowest BCUT2D eigenvalue weighted by Gasteiger charge is -2.09. The molecular formula is C20H17F2N3O3. The molecule has 28 heavy (non-hydrogen) atoms. The smallest absolute Gasteiger partial charge is 0.259 e. The number of hydrogen-bond acceptors (Lipinski definition) is 4. The molecule has 144 valence electrons. The van der Waals surface area contributed by atoms with E-state index in [1.54, 1.807) is 31.4 Å². The maximum absolute atomic E-state index is 13.4. The van der Waals surface area contributed by atoms with Crippen molar-refractivity contribution in [1.29, 1.82) is 0 Å². The van der Waals surface area contributed by atoms with Crippen LogP contribution in [-0.2, 0) is 7.05 Å². The van der Waals surface area contributed by atoms with E-state index in [0.29, 0.717) is 41.5 Å². The van der Waals surface area contributed by atoms with Crippen LogP contribution in [0.4, 0.5) is 14.5 Å². The summed E-state index contributed by atoms with van der Waals surface area (Å²) in [4.78, 5) is 12.7. The topological polar surface area (TPSA) is 65.4 Å². The molecular weight excluding hydrogens is 368 g/mol. The van der Waals surface area contributed by atoms with E-state index in [1.165, 1.54) is 10.7 Å². The number of fused-ring (bicyclic) bond motifs is 1. The fourth-order valence-corrected chi connectivity index (χ4v) is 2.95. The van der Waals surface area contributed by atoms with Gasteiger partial charge < -0.3 is 14.8 Å². The van der Waals surface area contributed by atoms with Crippen LogP contribution in [0.2, 0.25) is 0 Å². The Morgan fingerprint density at radius 2 is 1.86 bits per heavy atom. The summed E-state index contributed by atoms with van der Waals surface area (Å²) in [6.45, 7) is 1.12. The van der Waals surface area contributed by atoms with Crippen LogP contribution in [0.25, 0.3) is 11.3 Å². The number of halogens is 2. The number of ether oxygens (including phenoxy) is 2. The molecule has 0 radical (unpaired) electrons. The van der Waals surface area contributed by atoms with E-state index < -0.39 is 17.5 Å². The highest BCUT2D eigenvalue weighted by molar-refractivity contribution is 6.08. The largest absolute Gasteiger partial charge is 0.490 e. The van der Waals surface area contributed by atoms with Crippen molar-refractivity contribution in [2.24, 2.45) is 7.05 Å². The molecule has 0 saturated carbocycles. The summed E-state index contributed by atoms with van der Waals surface area (Å²) in [7, 11) is 1.70. The van der Waals surface area contributed by atoms with Gasteiger partial charge in [0.1, 0.15) is 5.69 Å². The van der Waals surface area contributed by atoms with Gasteiger partial charge in [0.2, 0.25) is 0 Å². The molecule has 0 saturated heterocycles. The lowest BCUT2D eigenvalue weighted by atomic mass is 10.1. The molecule has 0 unspecified atom stereocenters.